The molecule has 1 aromatic heterocycles. The summed E-state index contributed by atoms with van der Waals surface area (Å²) >= 11 is 8.38. The number of nitrogens with zero attached hydrogens (tertiary/aromatic N) is 1. The average molecular weight is 774 g/mol. The largest absolute Gasteiger partial charge is 0.462 e. The van der Waals surface area contributed by atoms with Gasteiger partial charge in [-0.15, -0.1) is 11.3 Å². The molecular formula is C41H56ClNO9S. The van der Waals surface area contributed by atoms with Crippen LogP contribution in [0.4, 0.5) is 0 Å². The fraction of sp³-hybridized carbons (Fsp3) is 0.683. The second kappa shape index (κ2) is 17.7. The van der Waals surface area contributed by atoms with Crippen LogP contribution in [0.2, 0.25) is 5.02 Å². The van der Waals surface area contributed by atoms with Crippen LogP contribution in [0.5, 0.6) is 0 Å². The predicted molar refractivity (Wildman–Crippen MR) is 203 cm³/mol. The minimum absolute atomic E-state index is 0.0699. The summed E-state index contributed by atoms with van der Waals surface area (Å²) in [5.74, 6) is -1.50. The molecule has 13 atom stereocenters. The Morgan fingerprint density at radius 2 is 1.83 bits per heavy atom. The zero-order chi connectivity index (χ0) is 38.0. The van der Waals surface area contributed by atoms with E-state index >= 15 is 0 Å². The van der Waals surface area contributed by atoms with Crippen molar-refractivity contribution in [1.29, 1.82) is 0 Å². The van der Waals surface area contributed by atoms with Crippen LogP contribution in [0, 0.1) is 23.7 Å². The molecule has 2 heterocycles. The molecule has 3 aliphatic carbocycles. The van der Waals surface area contributed by atoms with Crippen molar-refractivity contribution in [2.45, 2.75) is 127 Å². The number of aliphatic hydroxyl groups excluding tert-OH is 1. The van der Waals surface area contributed by atoms with Crippen molar-refractivity contribution < 1.29 is 43.1 Å². The summed E-state index contributed by atoms with van der Waals surface area (Å²) in [6.07, 6.45) is 3.32. The fourth-order valence-corrected chi connectivity index (χ4v) is 10.6. The van der Waals surface area contributed by atoms with Crippen molar-refractivity contribution in [2.75, 3.05) is 27.9 Å². The number of carbonyl (C=O) groups excluding carboxylic acids is 2. The number of methoxy groups -OCH3 is 3. The van der Waals surface area contributed by atoms with Gasteiger partial charge in [0.05, 0.1) is 48.2 Å². The predicted octanol–water partition coefficient (Wildman–Crippen LogP) is 7.50. The Balaban J connectivity index is 1.40. The standard InChI is InChI=1S/C41H56ClNO9S/c1-8-24-12-11-15-33(44)21(2)38(46)30-18-28-27-16-25(52-41(34(49-7)20-47-5)50-23(4)22(3)48-6)17-31(27)39-37(36(28)29(30)19-35(45)51-24)43-40(53-39)26-13-9-10-14-32(26)42/h9-10,13-14,18,21-25,27-29,31,33-34,36,41,44H,8,11-12,15-17,19-20H2,1-7H3/t21-,22-,23?,24+,25+,27+,28+,29-,31-,33+,34+,36-,41?/m1/s1. The van der Waals surface area contributed by atoms with Crippen LogP contribution in [0.3, 0.4) is 0 Å². The molecule has 1 N–H and O–H groups in total. The van der Waals surface area contributed by atoms with Crippen LogP contribution in [-0.2, 0) is 38.0 Å². The van der Waals surface area contributed by atoms with Gasteiger partial charge in [0, 0.05) is 55.4 Å². The van der Waals surface area contributed by atoms with Crippen LogP contribution in [0.15, 0.2) is 35.9 Å². The molecule has 1 saturated carbocycles. The Morgan fingerprint density at radius 1 is 1.06 bits per heavy atom. The Bertz CT molecular complexity index is 1620. The van der Waals surface area contributed by atoms with Gasteiger partial charge in [-0.05, 0) is 75.8 Å². The SMILES string of the molecule is CC[C@H]1CCC[C@H](O)[C@@H](C)C(=O)C2=C[C@H]3[C@@H]4C[C@H](OC(OC(C)[C@@H](C)OC)[C@H](COC)OC)C[C@H]4c4sc(-c5ccccc5Cl)nc4[C@H]3[C@@H]2CC(=O)O1. The van der Waals surface area contributed by atoms with E-state index in [0.29, 0.717) is 42.7 Å². The van der Waals surface area contributed by atoms with E-state index in [2.05, 4.69) is 6.08 Å². The van der Waals surface area contributed by atoms with Crippen LogP contribution >= 0.6 is 22.9 Å². The van der Waals surface area contributed by atoms with Gasteiger partial charge in [-0.1, -0.05) is 49.7 Å². The normalized spacial score (nSPS) is 32.5. The van der Waals surface area contributed by atoms with E-state index < -0.39 is 30.3 Å². The number of allylic oxidation sites excluding steroid dienone is 2. The highest BCUT2D eigenvalue weighted by molar-refractivity contribution is 7.15. The first-order valence-electron chi connectivity index (χ1n) is 19.2. The van der Waals surface area contributed by atoms with Gasteiger partial charge in [-0.2, -0.15) is 0 Å². The number of aromatic nitrogens is 1. The summed E-state index contributed by atoms with van der Waals surface area (Å²) in [6, 6.07) is 7.71. The van der Waals surface area contributed by atoms with Gasteiger partial charge in [-0.3, -0.25) is 9.59 Å². The molecule has 10 nitrogen and oxygen atoms in total. The molecule has 2 aromatic rings. The Morgan fingerprint density at radius 3 is 2.53 bits per heavy atom. The lowest BCUT2D eigenvalue weighted by Gasteiger charge is -2.37. The van der Waals surface area contributed by atoms with Gasteiger partial charge >= 0.3 is 5.97 Å². The molecule has 1 aromatic carbocycles. The van der Waals surface area contributed by atoms with Crippen molar-refractivity contribution in [3.8, 4) is 10.6 Å². The van der Waals surface area contributed by atoms with Gasteiger partial charge in [0.1, 0.15) is 17.2 Å². The summed E-state index contributed by atoms with van der Waals surface area (Å²) in [4.78, 5) is 34.5. The number of ether oxygens (including phenoxy) is 6. The number of hydrogen-bond donors (Lipinski definition) is 1. The lowest BCUT2D eigenvalue weighted by Crippen LogP contribution is -2.43. The average Bonchev–Trinajstić information content (AvgIpc) is 3.87. The molecule has 0 radical (unpaired) electrons. The minimum atomic E-state index is -0.779. The van der Waals surface area contributed by atoms with E-state index in [1.807, 2.05) is 52.0 Å². The summed E-state index contributed by atoms with van der Waals surface area (Å²) in [6.45, 7) is 8.03. The number of ketones is 1. The van der Waals surface area contributed by atoms with Crippen molar-refractivity contribution >= 4 is 34.7 Å². The van der Waals surface area contributed by atoms with Crippen LogP contribution in [-0.4, -0.2) is 92.7 Å². The van der Waals surface area contributed by atoms with E-state index in [1.165, 1.54) is 0 Å². The number of thiazole rings is 1. The number of aliphatic hydroxyl groups is 1. The number of esters is 1. The number of Topliss-reactive ketones (excluding diaryl/α,β-unsaturated/α-hetero) is 1. The number of rotatable bonds is 12. The first kappa shape index (κ1) is 40.4. The van der Waals surface area contributed by atoms with E-state index in [0.717, 1.165) is 27.6 Å². The van der Waals surface area contributed by atoms with Gasteiger partial charge in [0.15, 0.2) is 12.1 Å². The third-order valence-electron chi connectivity index (χ3n) is 12.2. The van der Waals surface area contributed by atoms with Crippen LogP contribution in [0.1, 0.15) is 95.0 Å². The lowest BCUT2D eigenvalue weighted by molar-refractivity contribution is -0.255. The molecule has 6 rings (SSSR count). The molecule has 0 amide bonds. The van der Waals surface area contributed by atoms with Crippen molar-refractivity contribution in [2.24, 2.45) is 23.7 Å². The fourth-order valence-electron chi connectivity index (χ4n) is 8.95. The number of hydrogen-bond acceptors (Lipinski definition) is 11. The summed E-state index contributed by atoms with van der Waals surface area (Å²) in [5, 5.41) is 12.6. The van der Waals surface area contributed by atoms with Crippen LogP contribution < -0.4 is 0 Å². The second-order valence-corrected chi connectivity index (χ2v) is 16.8. The molecule has 292 valence electrons. The van der Waals surface area contributed by atoms with Crippen LogP contribution in [0.25, 0.3) is 10.6 Å². The number of benzene rings is 1. The zero-order valence-electron chi connectivity index (χ0n) is 32.0. The topological polar surface area (TPSA) is 123 Å². The molecule has 0 spiro atoms. The summed E-state index contributed by atoms with van der Waals surface area (Å²) < 4.78 is 36.2. The monoisotopic (exact) mass is 773 g/mol. The number of carbonyl (C=O) groups is 2. The van der Waals surface area contributed by atoms with E-state index in [4.69, 9.17) is 45.0 Å². The number of halogens is 1. The third kappa shape index (κ3) is 8.48. The first-order valence-corrected chi connectivity index (χ1v) is 20.4. The maximum absolute atomic E-state index is 14.4. The highest BCUT2D eigenvalue weighted by Gasteiger charge is 2.56. The number of cyclic esters (lactones) is 1. The first-order chi connectivity index (χ1) is 25.5. The molecular weight excluding hydrogens is 718 g/mol. The molecule has 0 bridgehead atoms. The van der Waals surface area contributed by atoms with Crippen molar-refractivity contribution in [3.05, 3.63) is 51.5 Å². The van der Waals surface area contributed by atoms with Gasteiger partial charge < -0.3 is 33.5 Å². The molecule has 2 unspecified atom stereocenters. The summed E-state index contributed by atoms with van der Waals surface area (Å²) in [7, 11) is 4.91. The van der Waals surface area contributed by atoms with Gasteiger partial charge in [0.2, 0.25) is 0 Å². The maximum atomic E-state index is 14.4. The zero-order valence-corrected chi connectivity index (χ0v) is 33.6. The summed E-state index contributed by atoms with van der Waals surface area (Å²) in [5.41, 5.74) is 2.39. The molecule has 2 fully saturated rings. The van der Waals surface area contributed by atoms with E-state index in [-0.39, 0.29) is 72.9 Å². The van der Waals surface area contributed by atoms with Crippen molar-refractivity contribution in [3.63, 3.8) is 0 Å². The molecule has 1 saturated heterocycles. The highest BCUT2D eigenvalue weighted by Crippen LogP contribution is 2.63. The Hall–Kier alpha value is -2.22. The maximum Gasteiger partial charge on any atom is 0.306 e. The molecule has 12 heteroatoms. The minimum Gasteiger partial charge on any atom is -0.462 e. The van der Waals surface area contributed by atoms with E-state index in [9.17, 15) is 14.7 Å². The smallest absolute Gasteiger partial charge is 0.306 e. The highest BCUT2D eigenvalue weighted by atomic mass is 35.5. The number of fused-ring (bicyclic) bond motifs is 8. The molecule has 4 aliphatic rings. The second-order valence-electron chi connectivity index (χ2n) is 15.3. The van der Waals surface area contributed by atoms with Gasteiger partial charge in [-0.25, -0.2) is 4.98 Å². The van der Waals surface area contributed by atoms with Gasteiger partial charge in [0.25, 0.3) is 0 Å². The third-order valence-corrected chi connectivity index (χ3v) is 13.8. The Kier molecular flexibility index (Phi) is 13.5. The molecule has 1 aliphatic heterocycles. The lowest BCUT2D eigenvalue weighted by atomic mass is 9.67. The quantitative estimate of drug-likeness (QED) is 0.171. The molecule has 53 heavy (non-hydrogen) atoms. The Labute approximate surface area is 322 Å². The van der Waals surface area contributed by atoms with Crippen molar-refractivity contribution in [1.82, 2.24) is 4.98 Å². The van der Waals surface area contributed by atoms with E-state index in [1.54, 1.807) is 32.7 Å².